The molecule has 2 nitrogen and oxygen atoms in total. The van der Waals surface area contributed by atoms with Crippen molar-refractivity contribution in [3.8, 4) is 56.2 Å². The fraction of sp³-hybridized carbons (Fsp3) is 0. The first-order valence-corrected chi connectivity index (χ1v) is 12.1. The molecule has 0 bridgehead atoms. The summed E-state index contributed by atoms with van der Waals surface area (Å²) in [4.78, 5) is 10.0. The van der Waals surface area contributed by atoms with E-state index in [-0.39, 0.29) is 0 Å². The van der Waals surface area contributed by atoms with Gasteiger partial charge in [-0.15, -0.1) is 0 Å². The zero-order valence-electron chi connectivity index (χ0n) is 19.8. The largest absolute Gasteiger partial charge is 0.228 e. The molecule has 5 aromatic carbocycles. The zero-order valence-corrected chi connectivity index (χ0v) is 19.8. The van der Waals surface area contributed by atoms with Crippen LogP contribution in [-0.4, -0.2) is 9.97 Å². The molecule has 0 aliphatic rings. The van der Waals surface area contributed by atoms with Crippen LogP contribution in [0.3, 0.4) is 0 Å². The molecule has 2 heteroatoms. The Kier molecular flexibility index (Phi) is 5.91. The van der Waals surface area contributed by atoms with Crippen LogP contribution in [0.1, 0.15) is 0 Å². The molecule has 0 atom stereocenters. The lowest BCUT2D eigenvalue weighted by molar-refractivity contribution is 1.18. The molecule has 0 saturated carbocycles. The first-order chi connectivity index (χ1) is 17.8. The molecule has 0 amide bonds. The predicted octanol–water partition coefficient (Wildman–Crippen LogP) is 8.81. The van der Waals surface area contributed by atoms with Gasteiger partial charge in [-0.2, -0.15) is 0 Å². The highest BCUT2D eigenvalue weighted by molar-refractivity contribution is 5.77. The molecule has 0 fully saturated rings. The fourth-order valence-corrected chi connectivity index (χ4v) is 4.44. The number of aromatic nitrogens is 2. The minimum atomic E-state index is 0.721. The summed E-state index contributed by atoms with van der Waals surface area (Å²) in [5.74, 6) is 0.721. The number of hydrogen-bond donors (Lipinski definition) is 0. The van der Waals surface area contributed by atoms with E-state index in [1.54, 1.807) is 0 Å². The SMILES string of the molecule is c1ccc(-c2cccc(-c3cc(-c4cccc(-c5ccccc5)c4)nc(-c4ccccc4)n3)c2)cc1. The van der Waals surface area contributed by atoms with Crippen molar-refractivity contribution in [3.05, 3.63) is 146 Å². The van der Waals surface area contributed by atoms with Crippen LogP contribution < -0.4 is 0 Å². The van der Waals surface area contributed by atoms with Gasteiger partial charge in [0.1, 0.15) is 0 Å². The highest BCUT2D eigenvalue weighted by atomic mass is 14.9. The van der Waals surface area contributed by atoms with E-state index < -0.39 is 0 Å². The monoisotopic (exact) mass is 460 g/mol. The van der Waals surface area contributed by atoms with Crippen LogP contribution in [0.4, 0.5) is 0 Å². The fourth-order valence-electron chi connectivity index (χ4n) is 4.44. The third kappa shape index (κ3) is 4.57. The Labute approximate surface area is 211 Å². The summed E-state index contributed by atoms with van der Waals surface area (Å²) in [6.45, 7) is 0. The second-order valence-corrected chi connectivity index (χ2v) is 8.72. The summed E-state index contributed by atoms with van der Waals surface area (Å²) in [7, 11) is 0. The minimum Gasteiger partial charge on any atom is -0.228 e. The maximum Gasteiger partial charge on any atom is 0.160 e. The van der Waals surface area contributed by atoms with Gasteiger partial charge in [-0.1, -0.05) is 127 Å². The van der Waals surface area contributed by atoms with Crippen LogP contribution in [-0.2, 0) is 0 Å². The third-order valence-corrected chi connectivity index (χ3v) is 6.29. The van der Waals surface area contributed by atoms with E-state index in [0.29, 0.717) is 0 Å². The Hall–Kier alpha value is -4.82. The van der Waals surface area contributed by atoms with E-state index in [4.69, 9.17) is 9.97 Å². The Balaban J connectivity index is 1.50. The van der Waals surface area contributed by atoms with Gasteiger partial charge in [-0.05, 0) is 40.5 Å². The third-order valence-electron chi connectivity index (χ3n) is 6.29. The van der Waals surface area contributed by atoms with E-state index in [2.05, 4.69) is 115 Å². The van der Waals surface area contributed by atoms with Gasteiger partial charge >= 0.3 is 0 Å². The van der Waals surface area contributed by atoms with Crippen molar-refractivity contribution < 1.29 is 0 Å². The van der Waals surface area contributed by atoms with Gasteiger partial charge in [-0.25, -0.2) is 9.97 Å². The lowest BCUT2D eigenvalue weighted by Gasteiger charge is -2.11. The molecule has 6 aromatic rings. The molecule has 0 radical (unpaired) electrons. The number of rotatable bonds is 5. The number of nitrogens with zero attached hydrogens (tertiary/aromatic N) is 2. The van der Waals surface area contributed by atoms with Gasteiger partial charge < -0.3 is 0 Å². The molecule has 0 saturated heterocycles. The molecule has 6 rings (SSSR count). The maximum absolute atomic E-state index is 5.00. The lowest BCUT2D eigenvalue weighted by Crippen LogP contribution is -1.96. The molecule has 170 valence electrons. The molecule has 0 N–H and O–H groups in total. The number of benzene rings is 5. The molecule has 0 spiro atoms. The molecule has 0 aliphatic heterocycles. The molecule has 0 aliphatic carbocycles. The van der Waals surface area contributed by atoms with Gasteiger partial charge in [0.25, 0.3) is 0 Å². The first kappa shape index (κ1) is 21.7. The topological polar surface area (TPSA) is 25.8 Å². The lowest BCUT2D eigenvalue weighted by atomic mass is 9.99. The second kappa shape index (κ2) is 9.81. The first-order valence-electron chi connectivity index (χ1n) is 12.1. The normalized spacial score (nSPS) is 10.8. The van der Waals surface area contributed by atoms with Crippen molar-refractivity contribution in [2.75, 3.05) is 0 Å². The molecule has 1 heterocycles. The van der Waals surface area contributed by atoms with Gasteiger partial charge in [0.2, 0.25) is 0 Å². The summed E-state index contributed by atoms with van der Waals surface area (Å²) in [5.41, 5.74) is 9.65. The van der Waals surface area contributed by atoms with Crippen molar-refractivity contribution in [2.45, 2.75) is 0 Å². The zero-order chi connectivity index (χ0) is 24.2. The van der Waals surface area contributed by atoms with Crippen molar-refractivity contribution in [1.29, 1.82) is 0 Å². The quantitative estimate of drug-likeness (QED) is 0.257. The van der Waals surface area contributed by atoms with Crippen molar-refractivity contribution in [2.24, 2.45) is 0 Å². The van der Waals surface area contributed by atoms with E-state index in [1.165, 1.54) is 22.3 Å². The Morgan fingerprint density at radius 1 is 0.278 bits per heavy atom. The summed E-state index contributed by atoms with van der Waals surface area (Å²) < 4.78 is 0. The summed E-state index contributed by atoms with van der Waals surface area (Å²) in [6.07, 6.45) is 0. The predicted molar refractivity (Wildman–Crippen MR) is 149 cm³/mol. The van der Waals surface area contributed by atoms with Crippen LogP contribution in [0.15, 0.2) is 146 Å². The minimum absolute atomic E-state index is 0.721. The highest BCUT2D eigenvalue weighted by Crippen LogP contribution is 2.31. The van der Waals surface area contributed by atoms with E-state index in [1.807, 2.05) is 30.3 Å². The van der Waals surface area contributed by atoms with Crippen molar-refractivity contribution in [1.82, 2.24) is 9.97 Å². The Morgan fingerprint density at radius 3 is 1.08 bits per heavy atom. The van der Waals surface area contributed by atoms with Crippen LogP contribution in [0.2, 0.25) is 0 Å². The molecular formula is C34H24N2. The second-order valence-electron chi connectivity index (χ2n) is 8.72. The van der Waals surface area contributed by atoms with Crippen LogP contribution in [0.5, 0.6) is 0 Å². The van der Waals surface area contributed by atoms with Gasteiger partial charge in [-0.3, -0.25) is 0 Å². The van der Waals surface area contributed by atoms with E-state index >= 15 is 0 Å². The molecule has 1 aromatic heterocycles. The van der Waals surface area contributed by atoms with Gasteiger partial charge in [0.15, 0.2) is 5.82 Å². The standard InChI is InChI=1S/C34H24N2/c1-4-12-25(13-5-1)28-18-10-20-30(22-28)32-24-33(36-34(35-32)27-16-8-3-9-17-27)31-21-11-19-29(23-31)26-14-6-2-7-15-26/h1-24H. The molecule has 36 heavy (non-hydrogen) atoms. The Morgan fingerprint density at radius 2 is 0.639 bits per heavy atom. The summed E-state index contributed by atoms with van der Waals surface area (Å²) in [6, 6.07) is 50.3. The van der Waals surface area contributed by atoms with Crippen molar-refractivity contribution in [3.63, 3.8) is 0 Å². The van der Waals surface area contributed by atoms with Crippen LogP contribution >= 0.6 is 0 Å². The van der Waals surface area contributed by atoms with Gasteiger partial charge in [0, 0.05) is 16.7 Å². The highest BCUT2D eigenvalue weighted by Gasteiger charge is 2.12. The van der Waals surface area contributed by atoms with Crippen molar-refractivity contribution >= 4 is 0 Å². The van der Waals surface area contributed by atoms with Gasteiger partial charge in [0.05, 0.1) is 11.4 Å². The summed E-state index contributed by atoms with van der Waals surface area (Å²) >= 11 is 0. The van der Waals surface area contributed by atoms with E-state index in [9.17, 15) is 0 Å². The molecule has 0 unspecified atom stereocenters. The smallest absolute Gasteiger partial charge is 0.160 e. The average molecular weight is 461 g/mol. The average Bonchev–Trinajstić information content (AvgIpc) is 2.98. The maximum atomic E-state index is 5.00. The summed E-state index contributed by atoms with van der Waals surface area (Å²) in [5, 5.41) is 0. The van der Waals surface area contributed by atoms with Crippen LogP contribution in [0, 0.1) is 0 Å². The molecular weight excluding hydrogens is 436 g/mol. The van der Waals surface area contributed by atoms with E-state index in [0.717, 1.165) is 33.9 Å². The number of hydrogen-bond acceptors (Lipinski definition) is 2. The van der Waals surface area contributed by atoms with Crippen LogP contribution in [0.25, 0.3) is 56.2 Å². The Bertz CT molecular complexity index is 1510.